The molecule has 0 spiro atoms. The van der Waals surface area contributed by atoms with Crippen LogP contribution in [0, 0.1) is 0 Å². The van der Waals surface area contributed by atoms with Crippen LogP contribution in [0.3, 0.4) is 0 Å². The Morgan fingerprint density at radius 1 is 1.17 bits per heavy atom. The largest absolute Gasteiger partial charge is 0.497 e. The van der Waals surface area contributed by atoms with Gasteiger partial charge in [-0.15, -0.1) is 0 Å². The van der Waals surface area contributed by atoms with Crippen molar-refractivity contribution in [1.29, 1.82) is 0 Å². The van der Waals surface area contributed by atoms with Crippen molar-refractivity contribution in [3.05, 3.63) is 53.3 Å². The Labute approximate surface area is 141 Å². The van der Waals surface area contributed by atoms with Crippen molar-refractivity contribution in [2.75, 3.05) is 34.3 Å². The lowest BCUT2D eigenvalue weighted by Crippen LogP contribution is -2.27. The van der Waals surface area contributed by atoms with Crippen LogP contribution >= 0.6 is 0 Å². The van der Waals surface area contributed by atoms with Crippen molar-refractivity contribution in [3.63, 3.8) is 0 Å². The van der Waals surface area contributed by atoms with Gasteiger partial charge in [0.1, 0.15) is 11.4 Å². The van der Waals surface area contributed by atoms with Crippen LogP contribution in [0.4, 0.5) is 0 Å². The van der Waals surface area contributed by atoms with Crippen LogP contribution in [0.2, 0.25) is 0 Å². The lowest BCUT2D eigenvalue weighted by molar-refractivity contribution is 0.0948. The van der Waals surface area contributed by atoms with Gasteiger partial charge >= 0.3 is 0 Å². The van der Waals surface area contributed by atoms with Gasteiger partial charge in [-0.1, -0.05) is 0 Å². The molecule has 1 aromatic heterocycles. The first-order valence-electron chi connectivity index (χ1n) is 7.81. The maximum absolute atomic E-state index is 12.4. The number of ether oxygens (including phenoxy) is 1. The zero-order chi connectivity index (χ0) is 17.5. The van der Waals surface area contributed by atoms with Gasteiger partial charge in [0.2, 0.25) is 0 Å². The summed E-state index contributed by atoms with van der Waals surface area (Å²) in [5.74, 6) is 0.349. The first kappa shape index (κ1) is 17.7. The molecule has 6 heteroatoms. The zero-order valence-corrected chi connectivity index (χ0v) is 14.3. The second-order valence-corrected chi connectivity index (χ2v) is 5.77. The Morgan fingerprint density at radius 3 is 2.50 bits per heavy atom. The minimum absolute atomic E-state index is 0.138. The van der Waals surface area contributed by atoms with Gasteiger partial charge < -0.3 is 19.9 Å². The third-order valence-corrected chi connectivity index (χ3v) is 3.61. The number of hydrogen-bond acceptors (Lipinski definition) is 4. The van der Waals surface area contributed by atoms with Crippen molar-refractivity contribution < 1.29 is 14.3 Å². The molecule has 2 N–H and O–H groups in total. The number of carbonyl (C=O) groups excluding carboxylic acids is 2. The number of nitrogens with zero attached hydrogens (tertiary/aromatic N) is 1. The summed E-state index contributed by atoms with van der Waals surface area (Å²) in [6.07, 6.45) is 2.43. The summed E-state index contributed by atoms with van der Waals surface area (Å²) in [4.78, 5) is 29.4. The fourth-order valence-electron chi connectivity index (χ4n) is 2.26. The first-order chi connectivity index (χ1) is 11.5. The second kappa shape index (κ2) is 8.31. The van der Waals surface area contributed by atoms with Crippen LogP contribution in [0.1, 0.15) is 32.8 Å². The van der Waals surface area contributed by atoms with Gasteiger partial charge in [-0.05, 0) is 57.4 Å². The van der Waals surface area contributed by atoms with E-state index in [4.69, 9.17) is 4.74 Å². The van der Waals surface area contributed by atoms with Crippen molar-refractivity contribution >= 4 is 11.7 Å². The minimum atomic E-state index is -0.206. The molecule has 24 heavy (non-hydrogen) atoms. The maximum Gasteiger partial charge on any atom is 0.267 e. The molecular formula is C18H23N3O3. The quantitative estimate of drug-likeness (QED) is 0.573. The van der Waals surface area contributed by atoms with E-state index in [0.717, 1.165) is 13.0 Å². The van der Waals surface area contributed by atoms with Crippen LogP contribution in [-0.4, -0.2) is 55.9 Å². The van der Waals surface area contributed by atoms with E-state index < -0.39 is 0 Å². The van der Waals surface area contributed by atoms with Crippen molar-refractivity contribution in [3.8, 4) is 5.75 Å². The van der Waals surface area contributed by atoms with Crippen LogP contribution in [0.15, 0.2) is 36.5 Å². The molecule has 2 rings (SSSR count). The number of ketones is 1. The highest BCUT2D eigenvalue weighted by Crippen LogP contribution is 2.15. The van der Waals surface area contributed by atoms with E-state index >= 15 is 0 Å². The number of nitrogens with one attached hydrogen (secondary N) is 2. The van der Waals surface area contributed by atoms with Crippen LogP contribution in [0.5, 0.6) is 5.75 Å². The Balaban J connectivity index is 1.96. The fraction of sp³-hybridized carbons (Fsp3) is 0.333. The van der Waals surface area contributed by atoms with Crippen molar-refractivity contribution in [2.45, 2.75) is 6.42 Å². The lowest BCUT2D eigenvalue weighted by Gasteiger charge is -2.09. The molecule has 0 saturated heterocycles. The zero-order valence-electron chi connectivity index (χ0n) is 14.3. The Bertz CT molecular complexity index is 690. The SMILES string of the molecule is COc1ccc(C(=O)c2c[nH]c(C(=O)NCCCN(C)C)c2)cc1. The predicted molar refractivity (Wildman–Crippen MR) is 92.7 cm³/mol. The fourth-order valence-corrected chi connectivity index (χ4v) is 2.26. The molecular weight excluding hydrogens is 306 g/mol. The monoisotopic (exact) mass is 329 g/mol. The Hall–Kier alpha value is -2.60. The van der Waals surface area contributed by atoms with Gasteiger partial charge in [0.15, 0.2) is 5.78 Å². The number of aromatic nitrogens is 1. The van der Waals surface area contributed by atoms with Gasteiger partial charge in [-0.3, -0.25) is 9.59 Å². The smallest absolute Gasteiger partial charge is 0.267 e. The molecule has 0 aliphatic heterocycles. The molecule has 0 radical (unpaired) electrons. The van der Waals surface area contributed by atoms with Crippen LogP contribution in [0.25, 0.3) is 0 Å². The average molecular weight is 329 g/mol. The molecule has 0 saturated carbocycles. The summed E-state index contributed by atoms with van der Waals surface area (Å²) in [5, 5.41) is 2.84. The molecule has 2 aromatic rings. The van der Waals surface area contributed by atoms with Crippen LogP contribution < -0.4 is 10.1 Å². The standard InChI is InChI=1S/C18H23N3O3/c1-21(2)10-4-9-19-18(23)16-11-14(12-20-16)17(22)13-5-7-15(24-3)8-6-13/h5-8,11-12,20H,4,9-10H2,1-3H3,(H,19,23). The Morgan fingerprint density at radius 2 is 1.88 bits per heavy atom. The maximum atomic E-state index is 12.4. The number of hydrogen-bond donors (Lipinski definition) is 2. The van der Waals surface area contributed by atoms with Crippen molar-refractivity contribution in [1.82, 2.24) is 15.2 Å². The molecule has 0 aliphatic rings. The van der Waals surface area contributed by atoms with E-state index in [1.807, 2.05) is 14.1 Å². The lowest BCUT2D eigenvalue weighted by atomic mass is 10.1. The number of amides is 1. The van der Waals surface area contributed by atoms with Gasteiger partial charge in [0.25, 0.3) is 5.91 Å². The minimum Gasteiger partial charge on any atom is -0.497 e. The van der Waals surface area contributed by atoms with Gasteiger partial charge in [0.05, 0.1) is 7.11 Å². The number of H-pyrrole nitrogens is 1. The van der Waals surface area contributed by atoms with E-state index in [9.17, 15) is 9.59 Å². The Kier molecular flexibility index (Phi) is 6.14. The highest BCUT2D eigenvalue weighted by Gasteiger charge is 2.14. The van der Waals surface area contributed by atoms with Gasteiger partial charge in [-0.2, -0.15) is 0 Å². The highest BCUT2D eigenvalue weighted by atomic mass is 16.5. The molecule has 1 aromatic carbocycles. The summed E-state index contributed by atoms with van der Waals surface area (Å²) in [5.41, 5.74) is 1.39. The van der Waals surface area contributed by atoms with E-state index in [2.05, 4.69) is 15.2 Å². The van der Waals surface area contributed by atoms with Crippen molar-refractivity contribution in [2.24, 2.45) is 0 Å². The summed E-state index contributed by atoms with van der Waals surface area (Å²) in [7, 11) is 5.56. The number of rotatable bonds is 8. The average Bonchev–Trinajstić information content (AvgIpc) is 3.08. The van der Waals surface area contributed by atoms with Gasteiger partial charge in [-0.25, -0.2) is 0 Å². The molecule has 0 fully saturated rings. The highest BCUT2D eigenvalue weighted by molar-refractivity contribution is 6.10. The number of aromatic amines is 1. The molecule has 0 unspecified atom stereocenters. The molecule has 6 nitrogen and oxygen atoms in total. The third-order valence-electron chi connectivity index (χ3n) is 3.61. The molecule has 128 valence electrons. The molecule has 1 heterocycles. The molecule has 0 bridgehead atoms. The summed E-state index contributed by atoms with van der Waals surface area (Å²) in [6, 6.07) is 8.45. The van der Waals surface area contributed by atoms with Gasteiger partial charge in [0, 0.05) is 23.9 Å². The molecule has 0 aliphatic carbocycles. The predicted octanol–water partition coefficient (Wildman–Crippen LogP) is 1.94. The number of benzene rings is 1. The normalized spacial score (nSPS) is 10.7. The number of carbonyl (C=O) groups is 2. The topological polar surface area (TPSA) is 74.4 Å². The van der Waals surface area contributed by atoms with Crippen LogP contribution in [-0.2, 0) is 0 Å². The molecule has 1 amide bonds. The third kappa shape index (κ3) is 4.70. The van der Waals surface area contributed by atoms with E-state index in [1.165, 1.54) is 0 Å². The summed E-state index contributed by atoms with van der Waals surface area (Å²) < 4.78 is 5.08. The van der Waals surface area contributed by atoms with E-state index in [-0.39, 0.29) is 11.7 Å². The first-order valence-corrected chi connectivity index (χ1v) is 7.81. The summed E-state index contributed by atoms with van der Waals surface area (Å²) >= 11 is 0. The summed E-state index contributed by atoms with van der Waals surface area (Å²) in [6.45, 7) is 1.50. The number of methoxy groups -OCH3 is 1. The second-order valence-electron chi connectivity index (χ2n) is 5.77. The van der Waals surface area contributed by atoms with E-state index in [0.29, 0.717) is 29.1 Å². The molecule has 0 atom stereocenters. The van der Waals surface area contributed by atoms with E-state index in [1.54, 1.807) is 43.6 Å².